The molecule has 1 aromatic carbocycles. The fourth-order valence-corrected chi connectivity index (χ4v) is 4.37. The van der Waals surface area contributed by atoms with Crippen LogP contribution in [0.15, 0.2) is 37.4 Å². The highest BCUT2D eigenvalue weighted by atomic mass is 127. The Balaban J connectivity index is 1.70. The maximum absolute atomic E-state index is 5.51. The van der Waals surface area contributed by atoms with Gasteiger partial charge in [-0.1, -0.05) is 12.2 Å². The second kappa shape index (κ2) is 7.26. The van der Waals surface area contributed by atoms with Gasteiger partial charge in [0.2, 0.25) is 6.79 Å². The summed E-state index contributed by atoms with van der Waals surface area (Å²) < 4.78 is 12.2. The van der Waals surface area contributed by atoms with Crippen LogP contribution in [0.1, 0.15) is 31.2 Å². The zero-order chi connectivity index (χ0) is 16.3. The molecule has 1 aromatic rings. The van der Waals surface area contributed by atoms with Crippen molar-refractivity contribution >= 4 is 22.6 Å². The second-order valence-electron chi connectivity index (χ2n) is 6.27. The van der Waals surface area contributed by atoms with Crippen molar-refractivity contribution in [2.45, 2.75) is 37.6 Å². The minimum atomic E-state index is 0.149. The third kappa shape index (κ3) is 3.43. The lowest BCUT2D eigenvalue weighted by Gasteiger charge is -2.36. The van der Waals surface area contributed by atoms with Gasteiger partial charge >= 0.3 is 0 Å². The summed E-state index contributed by atoms with van der Waals surface area (Å²) in [6.07, 6.45) is 9.83. The average Bonchev–Trinajstić information content (AvgIpc) is 3.17. The second-order valence-corrected chi connectivity index (χ2v) is 7.43. The number of hydrogen-bond acceptors (Lipinski definition) is 3. The molecule has 2 aliphatic heterocycles. The molecule has 23 heavy (non-hydrogen) atoms. The summed E-state index contributed by atoms with van der Waals surface area (Å²) in [4.78, 5) is 2.60. The van der Waals surface area contributed by atoms with E-state index in [1.54, 1.807) is 0 Å². The first kappa shape index (κ1) is 16.8. The summed E-state index contributed by atoms with van der Waals surface area (Å²) in [5, 5.41) is 0. The van der Waals surface area contributed by atoms with Gasteiger partial charge in [0.1, 0.15) is 0 Å². The fourth-order valence-electron chi connectivity index (χ4n) is 3.67. The molecule has 2 aliphatic rings. The van der Waals surface area contributed by atoms with E-state index in [0.29, 0.717) is 6.79 Å². The third-order valence-corrected chi connectivity index (χ3v) is 6.03. The lowest BCUT2D eigenvalue weighted by Crippen LogP contribution is -2.43. The summed E-state index contributed by atoms with van der Waals surface area (Å²) in [5.74, 6) is 1.74. The third-order valence-electron chi connectivity index (χ3n) is 5.02. The van der Waals surface area contributed by atoms with E-state index in [4.69, 9.17) is 9.47 Å². The van der Waals surface area contributed by atoms with Gasteiger partial charge < -0.3 is 9.47 Å². The van der Waals surface area contributed by atoms with Crippen molar-refractivity contribution in [1.82, 2.24) is 4.90 Å². The summed E-state index contributed by atoms with van der Waals surface area (Å²) >= 11 is 2.39. The molecule has 0 bridgehead atoms. The minimum Gasteiger partial charge on any atom is -0.454 e. The Kier molecular flexibility index (Phi) is 5.31. The van der Waals surface area contributed by atoms with Crippen molar-refractivity contribution in [3.63, 3.8) is 0 Å². The minimum absolute atomic E-state index is 0.149. The normalized spacial score (nSPS) is 23.2. The fraction of sp³-hybridized carbons (Fsp3) is 0.474. The van der Waals surface area contributed by atoms with Crippen molar-refractivity contribution in [2.24, 2.45) is 0 Å². The van der Waals surface area contributed by atoms with Gasteiger partial charge in [0.15, 0.2) is 11.5 Å². The Morgan fingerprint density at radius 2 is 2.04 bits per heavy atom. The van der Waals surface area contributed by atoms with Crippen molar-refractivity contribution in [1.29, 1.82) is 0 Å². The first-order chi connectivity index (χ1) is 11.2. The van der Waals surface area contributed by atoms with E-state index >= 15 is 0 Å². The van der Waals surface area contributed by atoms with Gasteiger partial charge in [-0.3, -0.25) is 4.90 Å². The van der Waals surface area contributed by atoms with E-state index in [1.807, 2.05) is 6.08 Å². The zero-order valence-corrected chi connectivity index (χ0v) is 15.7. The molecule has 1 unspecified atom stereocenters. The summed E-state index contributed by atoms with van der Waals surface area (Å²) in [6, 6.07) is 4.22. The lowest BCUT2D eigenvalue weighted by molar-refractivity contribution is 0.173. The van der Waals surface area contributed by atoms with Crippen molar-refractivity contribution < 1.29 is 9.47 Å². The van der Waals surface area contributed by atoms with Crippen LogP contribution in [0.4, 0.5) is 0 Å². The molecule has 0 aromatic heterocycles. The van der Waals surface area contributed by atoms with Crippen LogP contribution in [0.25, 0.3) is 0 Å². The van der Waals surface area contributed by atoms with Gasteiger partial charge in [-0.25, -0.2) is 0 Å². The number of halogens is 1. The largest absolute Gasteiger partial charge is 0.454 e. The van der Waals surface area contributed by atoms with Crippen LogP contribution in [0, 0.1) is 3.57 Å². The van der Waals surface area contributed by atoms with Gasteiger partial charge in [0.05, 0.1) is 0 Å². The smallest absolute Gasteiger partial charge is 0.231 e. The van der Waals surface area contributed by atoms with Crippen molar-refractivity contribution in [2.75, 3.05) is 19.9 Å². The Bertz CT molecular complexity index is 601. The molecule has 0 spiro atoms. The molecule has 0 saturated carbocycles. The first-order valence-corrected chi connectivity index (χ1v) is 9.34. The molecular weight excluding hydrogens is 401 g/mol. The highest BCUT2D eigenvalue weighted by Crippen LogP contribution is 2.37. The molecule has 0 N–H and O–H groups in total. The van der Waals surface area contributed by atoms with Crippen LogP contribution >= 0.6 is 22.6 Å². The van der Waals surface area contributed by atoms with Crippen LogP contribution in [-0.4, -0.2) is 30.3 Å². The molecule has 0 aliphatic carbocycles. The number of fused-ring (bicyclic) bond motifs is 1. The van der Waals surface area contributed by atoms with Crippen LogP contribution in [0.5, 0.6) is 11.5 Å². The maximum atomic E-state index is 5.51. The number of ether oxygens (including phenoxy) is 2. The van der Waals surface area contributed by atoms with Gasteiger partial charge in [-0.05, 0) is 78.9 Å². The predicted octanol–water partition coefficient (Wildman–Crippen LogP) is 4.55. The Morgan fingerprint density at radius 1 is 1.26 bits per heavy atom. The Hall–Kier alpha value is -1.01. The quantitative estimate of drug-likeness (QED) is 0.473. The highest BCUT2D eigenvalue weighted by molar-refractivity contribution is 14.1. The first-order valence-electron chi connectivity index (χ1n) is 8.26. The summed E-state index contributed by atoms with van der Waals surface area (Å²) in [5.41, 5.74) is 1.49. The van der Waals surface area contributed by atoms with Crippen LogP contribution in [0.2, 0.25) is 0 Å². The van der Waals surface area contributed by atoms with Crippen LogP contribution in [-0.2, 0) is 6.42 Å². The monoisotopic (exact) mass is 425 g/mol. The number of likely N-dealkylation sites (tertiary alicyclic amines) is 1. The Morgan fingerprint density at radius 3 is 2.78 bits per heavy atom. The summed E-state index contributed by atoms with van der Waals surface area (Å²) in [7, 11) is 0. The van der Waals surface area contributed by atoms with Gasteiger partial charge in [0, 0.05) is 15.7 Å². The summed E-state index contributed by atoms with van der Waals surface area (Å²) in [6.45, 7) is 10.5. The predicted molar refractivity (Wildman–Crippen MR) is 102 cm³/mol. The number of benzene rings is 1. The molecule has 1 saturated heterocycles. The number of nitrogens with zero attached hydrogens (tertiary/aromatic N) is 1. The molecule has 0 amide bonds. The Labute approximate surface area is 152 Å². The van der Waals surface area contributed by atoms with E-state index in [0.717, 1.165) is 43.9 Å². The standard InChI is InChI=1S/C19H24INO2/c1-3-5-8-19(4-2)9-6-10-21(19)11-7-15-12-17-18(13-16(15)20)23-14-22-17/h3-4,12-13H,1-2,5-11,14H2. The topological polar surface area (TPSA) is 21.7 Å². The van der Waals surface area contributed by atoms with E-state index in [2.05, 4.69) is 58.9 Å². The van der Waals surface area contributed by atoms with E-state index < -0.39 is 0 Å². The molecule has 3 rings (SSSR count). The molecule has 1 fully saturated rings. The van der Waals surface area contributed by atoms with Gasteiger partial charge in [0.25, 0.3) is 0 Å². The van der Waals surface area contributed by atoms with Crippen molar-refractivity contribution in [3.05, 3.63) is 46.6 Å². The number of allylic oxidation sites excluding steroid dienone is 1. The molecule has 124 valence electrons. The molecule has 3 nitrogen and oxygen atoms in total. The molecule has 2 heterocycles. The van der Waals surface area contributed by atoms with Crippen LogP contribution < -0.4 is 9.47 Å². The molecular formula is C19H24INO2. The molecule has 4 heteroatoms. The lowest BCUT2D eigenvalue weighted by atomic mass is 9.90. The zero-order valence-electron chi connectivity index (χ0n) is 13.5. The van der Waals surface area contributed by atoms with E-state index in [9.17, 15) is 0 Å². The average molecular weight is 425 g/mol. The van der Waals surface area contributed by atoms with Gasteiger partial charge in [-0.2, -0.15) is 0 Å². The maximum Gasteiger partial charge on any atom is 0.231 e. The van der Waals surface area contributed by atoms with Crippen LogP contribution in [0.3, 0.4) is 0 Å². The number of hydrogen-bond donors (Lipinski definition) is 0. The SMILES string of the molecule is C=CCCC1(C=C)CCCN1CCc1cc2c(cc1I)OCO2. The molecule has 1 atom stereocenters. The highest BCUT2D eigenvalue weighted by Gasteiger charge is 2.37. The van der Waals surface area contributed by atoms with Crippen molar-refractivity contribution in [3.8, 4) is 11.5 Å². The van der Waals surface area contributed by atoms with E-state index in [1.165, 1.54) is 22.0 Å². The molecule has 0 radical (unpaired) electrons. The number of rotatable bonds is 7. The van der Waals surface area contributed by atoms with E-state index in [-0.39, 0.29) is 5.54 Å². The van der Waals surface area contributed by atoms with Gasteiger partial charge in [-0.15, -0.1) is 13.2 Å².